The summed E-state index contributed by atoms with van der Waals surface area (Å²) in [6.07, 6.45) is 1.54. The van der Waals surface area contributed by atoms with Crippen molar-refractivity contribution in [3.8, 4) is 6.01 Å². The molecule has 0 amide bonds. The molecule has 0 saturated carbocycles. The first-order chi connectivity index (χ1) is 10.0. The monoisotopic (exact) mass is 315 g/mol. The van der Waals surface area contributed by atoms with Gasteiger partial charge < -0.3 is 15.4 Å². The van der Waals surface area contributed by atoms with Crippen molar-refractivity contribution in [1.82, 2.24) is 15.0 Å². The number of sulfone groups is 1. The molecule has 2 heterocycles. The molecule has 1 atom stereocenters. The maximum atomic E-state index is 11.4. The van der Waals surface area contributed by atoms with E-state index in [1.165, 1.54) is 0 Å². The minimum atomic E-state index is -2.86. The van der Waals surface area contributed by atoms with Crippen molar-refractivity contribution in [3.05, 3.63) is 0 Å². The molecule has 1 fully saturated rings. The summed E-state index contributed by atoms with van der Waals surface area (Å²) in [6, 6.07) is 0.262. The third kappa shape index (κ3) is 4.69. The Morgan fingerprint density at radius 2 is 2.05 bits per heavy atom. The van der Waals surface area contributed by atoms with E-state index in [-0.39, 0.29) is 23.4 Å². The molecule has 1 unspecified atom stereocenters. The molecule has 1 aromatic rings. The average Bonchev–Trinajstić information content (AvgIpc) is 2.82. The van der Waals surface area contributed by atoms with E-state index in [4.69, 9.17) is 4.74 Å². The van der Waals surface area contributed by atoms with Crippen LogP contribution in [0.15, 0.2) is 0 Å². The van der Waals surface area contributed by atoms with Crippen LogP contribution >= 0.6 is 0 Å². The zero-order valence-corrected chi connectivity index (χ0v) is 13.1. The van der Waals surface area contributed by atoms with Gasteiger partial charge in [0.1, 0.15) is 0 Å². The first kappa shape index (κ1) is 15.7. The van der Waals surface area contributed by atoms with Crippen LogP contribution < -0.4 is 15.4 Å². The van der Waals surface area contributed by atoms with Gasteiger partial charge in [-0.3, -0.25) is 0 Å². The summed E-state index contributed by atoms with van der Waals surface area (Å²) in [5, 5.41) is 5.92. The fourth-order valence-electron chi connectivity index (χ4n) is 2.07. The normalized spacial score (nSPS) is 20.2. The lowest BCUT2D eigenvalue weighted by Crippen LogP contribution is -2.18. The van der Waals surface area contributed by atoms with E-state index in [0.717, 1.165) is 6.42 Å². The van der Waals surface area contributed by atoms with Crippen molar-refractivity contribution >= 4 is 21.7 Å². The lowest BCUT2D eigenvalue weighted by atomic mass is 10.1. The molecule has 0 radical (unpaired) electrons. The van der Waals surface area contributed by atoms with Crippen LogP contribution in [0.4, 0.5) is 11.9 Å². The molecule has 21 heavy (non-hydrogen) atoms. The quantitative estimate of drug-likeness (QED) is 0.751. The van der Waals surface area contributed by atoms with Crippen molar-refractivity contribution in [3.63, 3.8) is 0 Å². The van der Waals surface area contributed by atoms with Gasteiger partial charge in [0, 0.05) is 13.6 Å². The van der Waals surface area contributed by atoms with Crippen molar-refractivity contribution in [2.24, 2.45) is 5.92 Å². The highest BCUT2D eigenvalue weighted by molar-refractivity contribution is 7.91. The van der Waals surface area contributed by atoms with Gasteiger partial charge >= 0.3 is 6.01 Å². The van der Waals surface area contributed by atoms with Crippen molar-refractivity contribution in [2.45, 2.75) is 19.8 Å². The minimum absolute atomic E-state index is 0.102. The number of hydrogen-bond acceptors (Lipinski definition) is 8. The van der Waals surface area contributed by atoms with Crippen LogP contribution in [-0.2, 0) is 9.84 Å². The largest absolute Gasteiger partial charge is 0.463 e. The van der Waals surface area contributed by atoms with Gasteiger partial charge in [0.05, 0.1) is 18.1 Å². The maximum absolute atomic E-state index is 11.4. The van der Waals surface area contributed by atoms with Crippen LogP contribution in [-0.4, -0.2) is 55.1 Å². The molecule has 118 valence electrons. The number of nitrogens with zero attached hydrogens (tertiary/aromatic N) is 3. The number of ether oxygens (including phenoxy) is 1. The summed E-state index contributed by atoms with van der Waals surface area (Å²) in [7, 11) is -1.15. The van der Waals surface area contributed by atoms with Crippen LogP contribution in [0.2, 0.25) is 0 Å². The van der Waals surface area contributed by atoms with E-state index in [0.29, 0.717) is 31.5 Å². The third-order valence-corrected chi connectivity index (χ3v) is 4.99. The predicted molar refractivity (Wildman–Crippen MR) is 80.4 cm³/mol. The number of nitrogens with one attached hydrogen (secondary N) is 2. The van der Waals surface area contributed by atoms with Crippen molar-refractivity contribution in [2.75, 3.05) is 42.3 Å². The van der Waals surface area contributed by atoms with Crippen LogP contribution in [0.25, 0.3) is 0 Å². The topological polar surface area (TPSA) is 106 Å². The maximum Gasteiger partial charge on any atom is 0.323 e. The van der Waals surface area contributed by atoms with Crippen LogP contribution in [0.3, 0.4) is 0 Å². The Labute approximate surface area is 124 Å². The highest BCUT2D eigenvalue weighted by atomic mass is 32.2. The fourth-order valence-corrected chi connectivity index (χ4v) is 3.94. The summed E-state index contributed by atoms with van der Waals surface area (Å²) in [6.45, 7) is 3.06. The fraction of sp³-hybridized carbons (Fsp3) is 0.750. The second kappa shape index (κ2) is 6.88. The third-order valence-electron chi connectivity index (χ3n) is 3.15. The Bertz CT molecular complexity index is 578. The Morgan fingerprint density at radius 1 is 1.29 bits per heavy atom. The van der Waals surface area contributed by atoms with E-state index < -0.39 is 9.84 Å². The molecule has 1 aromatic heterocycles. The molecular weight excluding hydrogens is 294 g/mol. The molecule has 2 N–H and O–H groups in total. The molecule has 1 aliphatic heterocycles. The van der Waals surface area contributed by atoms with Crippen LogP contribution in [0, 0.1) is 5.92 Å². The zero-order chi connectivity index (χ0) is 15.3. The Kier molecular flexibility index (Phi) is 5.16. The second-order valence-electron chi connectivity index (χ2n) is 5.01. The van der Waals surface area contributed by atoms with Gasteiger partial charge in [-0.05, 0) is 18.8 Å². The standard InChI is InChI=1S/C12H21N5O3S/c1-3-5-20-12-16-10(13-2)15-11(17-12)14-7-9-4-6-21(18,19)8-9/h9H,3-8H2,1-2H3,(H2,13,14,15,16,17). The molecule has 1 aliphatic rings. The molecule has 0 spiro atoms. The Hall–Kier alpha value is -1.64. The second-order valence-corrected chi connectivity index (χ2v) is 7.24. The van der Waals surface area contributed by atoms with Gasteiger partial charge in [-0.2, -0.15) is 15.0 Å². The molecule has 9 heteroatoms. The number of rotatable bonds is 7. The molecule has 1 saturated heterocycles. The first-order valence-corrected chi connectivity index (χ1v) is 8.85. The van der Waals surface area contributed by atoms with Gasteiger partial charge in [0.15, 0.2) is 9.84 Å². The average molecular weight is 315 g/mol. The van der Waals surface area contributed by atoms with E-state index >= 15 is 0 Å². The number of hydrogen-bond donors (Lipinski definition) is 2. The van der Waals surface area contributed by atoms with Crippen molar-refractivity contribution < 1.29 is 13.2 Å². The van der Waals surface area contributed by atoms with E-state index in [9.17, 15) is 8.42 Å². The lowest BCUT2D eigenvalue weighted by Gasteiger charge is -2.11. The Balaban J connectivity index is 1.98. The Morgan fingerprint density at radius 3 is 2.67 bits per heavy atom. The molecule has 8 nitrogen and oxygen atoms in total. The van der Waals surface area contributed by atoms with Gasteiger partial charge in [0.25, 0.3) is 0 Å². The summed E-state index contributed by atoms with van der Waals surface area (Å²) in [5.74, 6) is 1.40. The lowest BCUT2D eigenvalue weighted by molar-refractivity contribution is 0.292. The van der Waals surface area contributed by atoms with Gasteiger partial charge in [-0.25, -0.2) is 8.42 Å². The summed E-state index contributed by atoms with van der Waals surface area (Å²) < 4.78 is 28.3. The summed E-state index contributed by atoms with van der Waals surface area (Å²) >= 11 is 0. The predicted octanol–water partition coefficient (Wildman–Crippen LogP) is 0.549. The van der Waals surface area contributed by atoms with Crippen LogP contribution in [0.5, 0.6) is 6.01 Å². The van der Waals surface area contributed by atoms with Crippen LogP contribution in [0.1, 0.15) is 19.8 Å². The molecule has 0 aromatic carbocycles. The van der Waals surface area contributed by atoms with Gasteiger partial charge in [-0.1, -0.05) is 6.92 Å². The minimum Gasteiger partial charge on any atom is -0.463 e. The highest BCUT2D eigenvalue weighted by Gasteiger charge is 2.27. The summed E-state index contributed by atoms with van der Waals surface area (Å²) in [5.41, 5.74) is 0. The number of anilines is 2. The SMILES string of the molecule is CCCOc1nc(NC)nc(NCC2CCS(=O)(=O)C2)n1. The first-order valence-electron chi connectivity index (χ1n) is 7.03. The zero-order valence-electron chi connectivity index (χ0n) is 12.3. The molecule has 2 rings (SSSR count). The van der Waals surface area contributed by atoms with Crippen molar-refractivity contribution in [1.29, 1.82) is 0 Å². The van der Waals surface area contributed by atoms with E-state index in [2.05, 4.69) is 25.6 Å². The van der Waals surface area contributed by atoms with E-state index in [1.54, 1.807) is 7.05 Å². The number of aromatic nitrogens is 3. The molecular formula is C12H21N5O3S. The van der Waals surface area contributed by atoms with Gasteiger partial charge in [-0.15, -0.1) is 0 Å². The molecule has 0 aliphatic carbocycles. The van der Waals surface area contributed by atoms with Gasteiger partial charge in [0.2, 0.25) is 11.9 Å². The highest BCUT2D eigenvalue weighted by Crippen LogP contribution is 2.19. The smallest absolute Gasteiger partial charge is 0.323 e. The van der Waals surface area contributed by atoms with E-state index in [1.807, 2.05) is 6.92 Å². The molecule has 0 bridgehead atoms. The summed E-state index contributed by atoms with van der Waals surface area (Å²) in [4.78, 5) is 12.5.